The van der Waals surface area contributed by atoms with Crippen LogP contribution in [-0.4, -0.2) is 15.0 Å². The molecule has 1 saturated carbocycles. The Balaban J connectivity index is 1.89. The first-order chi connectivity index (χ1) is 9.58. The van der Waals surface area contributed by atoms with Gasteiger partial charge in [0.2, 0.25) is 0 Å². The van der Waals surface area contributed by atoms with Crippen molar-refractivity contribution in [3.63, 3.8) is 0 Å². The van der Waals surface area contributed by atoms with Gasteiger partial charge in [0.1, 0.15) is 6.61 Å². The molecule has 3 nitrogen and oxygen atoms in total. The molecule has 0 amide bonds. The summed E-state index contributed by atoms with van der Waals surface area (Å²) in [5, 5.41) is 0. The van der Waals surface area contributed by atoms with Crippen LogP contribution in [0.2, 0.25) is 0 Å². The molecule has 1 aliphatic rings. The first-order valence-electron chi connectivity index (χ1n) is 7.02. The van der Waals surface area contributed by atoms with Crippen LogP contribution in [0, 0.1) is 24.7 Å². The van der Waals surface area contributed by atoms with Crippen LogP contribution >= 0.6 is 0 Å². The molecule has 1 aromatic rings. The Morgan fingerprint density at radius 2 is 1.80 bits per heavy atom. The van der Waals surface area contributed by atoms with Crippen LogP contribution in [0.4, 0.5) is 0 Å². The Hall–Kier alpha value is -1.31. The summed E-state index contributed by atoms with van der Waals surface area (Å²) in [6, 6.07) is 6.62. The first-order valence-corrected chi connectivity index (χ1v) is 8.43. The van der Waals surface area contributed by atoms with E-state index in [-0.39, 0.29) is 11.5 Å². The topological polar surface area (TPSA) is 43.4 Å². The maximum atomic E-state index is 11.9. The Morgan fingerprint density at radius 3 is 2.45 bits per heavy atom. The van der Waals surface area contributed by atoms with E-state index < -0.39 is 10.1 Å². The minimum Gasteiger partial charge on any atom is -0.253 e. The van der Waals surface area contributed by atoms with Gasteiger partial charge in [0.15, 0.2) is 0 Å². The Morgan fingerprint density at radius 1 is 1.15 bits per heavy atom. The zero-order valence-corrected chi connectivity index (χ0v) is 12.6. The molecule has 1 aliphatic carbocycles. The molecule has 0 bridgehead atoms. The van der Waals surface area contributed by atoms with Gasteiger partial charge in [-0.3, -0.25) is 4.18 Å². The van der Waals surface area contributed by atoms with Gasteiger partial charge >= 0.3 is 0 Å². The smallest absolute Gasteiger partial charge is 0.253 e. The summed E-state index contributed by atoms with van der Waals surface area (Å²) in [6.45, 7) is 1.85. The van der Waals surface area contributed by atoms with Gasteiger partial charge in [-0.2, -0.15) is 8.42 Å². The van der Waals surface area contributed by atoms with Crippen LogP contribution in [0.3, 0.4) is 0 Å². The number of hydrogen-bond donors (Lipinski definition) is 0. The van der Waals surface area contributed by atoms with Gasteiger partial charge in [0, 0.05) is 5.92 Å². The van der Waals surface area contributed by atoms with Gasteiger partial charge in [-0.1, -0.05) is 48.8 Å². The molecule has 0 atom stereocenters. The van der Waals surface area contributed by atoms with Crippen LogP contribution in [0.15, 0.2) is 29.2 Å². The van der Waals surface area contributed by atoms with Crippen LogP contribution in [0.1, 0.15) is 37.7 Å². The highest BCUT2D eigenvalue weighted by atomic mass is 32.2. The molecule has 0 saturated heterocycles. The lowest BCUT2D eigenvalue weighted by Crippen LogP contribution is -2.07. The predicted molar refractivity (Wildman–Crippen MR) is 78.7 cm³/mol. The molecule has 0 unspecified atom stereocenters. The van der Waals surface area contributed by atoms with Crippen molar-refractivity contribution in [3.05, 3.63) is 29.8 Å². The van der Waals surface area contributed by atoms with Gasteiger partial charge in [-0.05, 0) is 31.9 Å². The molecule has 1 fully saturated rings. The average Bonchev–Trinajstić information content (AvgIpc) is 2.45. The van der Waals surface area contributed by atoms with E-state index in [0.717, 1.165) is 18.4 Å². The maximum absolute atomic E-state index is 11.9. The SMILES string of the molecule is Cc1ccc(S(=O)(=O)OCC#CC2CCCCC2)cc1. The van der Waals surface area contributed by atoms with Crippen LogP contribution in [0.5, 0.6) is 0 Å². The zero-order valence-electron chi connectivity index (χ0n) is 11.8. The van der Waals surface area contributed by atoms with Crippen molar-refractivity contribution < 1.29 is 12.6 Å². The molecule has 2 rings (SSSR count). The third-order valence-corrected chi connectivity index (χ3v) is 4.78. The Bertz CT molecular complexity index is 585. The van der Waals surface area contributed by atoms with Crippen molar-refractivity contribution in [1.82, 2.24) is 0 Å². The third kappa shape index (κ3) is 4.36. The fraction of sp³-hybridized carbons (Fsp3) is 0.500. The third-order valence-electron chi connectivity index (χ3n) is 3.51. The Kier molecular flexibility index (Phi) is 5.22. The van der Waals surface area contributed by atoms with Crippen molar-refractivity contribution in [2.24, 2.45) is 5.92 Å². The molecule has 4 heteroatoms. The van der Waals surface area contributed by atoms with Crippen LogP contribution in [0.25, 0.3) is 0 Å². The van der Waals surface area contributed by atoms with Gasteiger partial charge in [0.05, 0.1) is 4.90 Å². The second-order valence-electron chi connectivity index (χ2n) is 5.19. The van der Waals surface area contributed by atoms with Crippen molar-refractivity contribution in [2.45, 2.75) is 43.9 Å². The van der Waals surface area contributed by atoms with Gasteiger partial charge in [-0.25, -0.2) is 0 Å². The van der Waals surface area contributed by atoms with E-state index in [1.165, 1.54) is 19.3 Å². The zero-order chi connectivity index (χ0) is 14.4. The van der Waals surface area contributed by atoms with Gasteiger partial charge in [-0.15, -0.1) is 0 Å². The van der Waals surface area contributed by atoms with E-state index >= 15 is 0 Å². The second kappa shape index (κ2) is 6.92. The summed E-state index contributed by atoms with van der Waals surface area (Å²) in [5.74, 6) is 6.37. The molecule has 1 aromatic carbocycles. The van der Waals surface area contributed by atoms with E-state index in [1.807, 2.05) is 6.92 Å². The van der Waals surface area contributed by atoms with Gasteiger partial charge in [0.25, 0.3) is 10.1 Å². The lowest BCUT2D eigenvalue weighted by molar-refractivity contribution is 0.362. The molecule has 0 aliphatic heterocycles. The number of rotatable bonds is 3. The summed E-state index contributed by atoms with van der Waals surface area (Å²) in [7, 11) is -3.68. The summed E-state index contributed by atoms with van der Waals surface area (Å²) in [6.07, 6.45) is 5.98. The number of hydrogen-bond acceptors (Lipinski definition) is 3. The normalized spacial score (nSPS) is 16.4. The fourth-order valence-electron chi connectivity index (χ4n) is 2.31. The summed E-state index contributed by atoms with van der Waals surface area (Å²) >= 11 is 0. The van der Waals surface area contributed by atoms with Crippen LogP contribution < -0.4 is 0 Å². The monoisotopic (exact) mass is 292 g/mol. The van der Waals surface area contributed by atoms with Crippen molar-refractivity contribution in [3.8, 4) is 11.8 Å². The molecule has 20 heavy (non-hydrogen) atoms. The molecule has 108 valence electrons. The highest BCUT2D eigenvalue weighted by Gasteiger charge is 2.14. The summed E-state index contributed by atoms with van der Waals surface area (Å²) in [4.78, 5) is 0.183. The predicted octanol–water partition coefficient (Wildman–Crippen LogP) is 3.28. The summed E-state index contributed by atoms with van der Waals surface area (Å²) in [5.41, 5.74) is 1.01. The lowest BCUT2D eigenvalue weighted by atomic mass is 9.90. The first kappa shape index (κ1) is 15.1. The molecule has 0 radical (unpaired) electrons. The van der Waals surface area contributed by atoms with E-state index in [1.54, 1.807) is 24.3 Å². The van der Waals surface area contributed by atoms with Crippen molar-refractivity contribution in [2.75, 3.05) is 6.61 Å². The van der Waals surface area contributed by atoms with Crippen molar-refractivity contribution >= 4 is 10.1 Å². The number of benzene rings is 1. The Labute approximate surface area is 121 Å². The molecule has 0 spiro atoms. The van der Waals surface area contributed by atoms with E-state index in [0.29, 0.717) is 5.92 Å². The number of aryl methyl sites for hydroxylation is 1. The fourth-order valence-corrected chi connectivity index (χ4v) is 3.13. The van der Waals surface area contributed by atoms with Crippen LogP contribution in [-0.2, 0) is 14.3 Å². The molecule has 0 aromatic heterocycles. The standard InChI is InChI=1S/C16H20O3S/c1-14-9-11-16(12-10-14)20(17,18)19-13-5-8-15-6-3-2-4-7-15/h9-12,15H,2-4,6-7,13H2,1H3. The molecule has 0 heterocycles. The van der Waals surface area contributed by atoms with E-state index in [4.69, 9.17) is 4.18 Å². The lowest BCUT2D eigenvalue weighted by Gasteiger charge is -2.15. The molecule has 0 N–H and O–H groups in total. The maximum Gasteiger partial charge on any atom is 0.297 e. The second-order valence-corrected chi connectivity index (χ2v) is 6.80. The largest absolute Gasteiger partial charge is 0.297 e. The minimum atomic E-state index is -3.68. The minimum absolute atomic E-state index is 0.0628. The summed E-state index contributed by atoms with van der Waals surface area (Å²) < 4.78 is 28.8. The van der Waals surface area contributed by atoms with Crippen molar-refractivity contribution in [1.29, 1.82) is 0 Å². The average molecular weight is 292 g/mol. The highest BCUT2D eigenvalue weighted by molar-refractivity contribution is 7.86. The van der Waals surface area contributed by atoms with Gasteiger partial charge < -0.3 is 0 Å². The van der Waals surface area contributed by atoms with E-state index in [9.17, 15) is 8.42 Å². The molecular weight excluding hydrogens is 272 g/mol. The quantitative estimate of drug-likeness (QED) is 0.634. The highest BCUT2D eigenvalue weighted by Crippen LogP contribution is 2.22. The van der Waals surface area contributed by atoms with E-state index in [2.05, 4.69) is 11.8 Å². The molecular formula is C16H20O3S.